The number of amides is 1. The molecule has 0 aliphatic carbocycles. The Hall–Kier alpha value is -0.770. The van der Waals surface area contributed by atoms with Crippen LogP contribution in [0.2, 0.25) is 0 Å². The average Bonchev–Trinajstić information content (AvgIpc) is 2.16. The van der Waals surface area contributed by atoms with Gasteiger partial charge in [0.15, 0.2) is 0 Å². The zero-order valence-corrected chi connectivity index (χ0v) is 8.94. The fourth-order valence-corrected chi connectivity index (χ4v) is 2.35. The quantitative estimate of drug-likeness (QED) is 0.707. The van der Waals surface area contributed by atoms with Gasteiger partial charge in [-0.15, -0.1) is 0 Å². The predicted octanol–water partition coefficient (Wildman–Crippen LogP) is 1.36. The number of hydrogen-bond acceptors (Lipinski definition) is 2. The van der Waals surface area contributed by atoms with E-state index >= 15 is 0 Å². The zero-order chi connectivity index (χ0) is 10.7. The third kappa shape index (κ3) is 2.38. The molecule has 0 spiro atoms. The zero-order valence-electron chi connectivity index (χ0n) is 8.94. The second-order valence-electron chi connectivity index (χ2n) is 4.21. The molecule has 1 aliphatic rings. The summed E-state index contributed by atoms with van der Waals surface area (Å²) in [4.78, 5) is 12.3. The summed E-state index contributed by atoms with van der Waals surface area (Å²) >= 11 is 0. The van der Waals surface area contributed by atoms with Crippen LogP contribution in [0.15, 0.2) is 0 Å². The summed E-state index contributed by atoms with van der Waals surface area (Å²) < 4.78 is 0. The van der Waals surface area contributed by atoms with Crippen molar-refractivity contribution in [1.29, 1.82) is 0 Å². The Balaban J connectivity index is 2.59. The fraction of sp³-hybridized carbons (Fsp3) is 0.900. The number of carbonyl (C=O) groups is 1. The number of nitrogens with two attached hydrogens (primary N) is 1. The van der Waals surface area contributed by atoms with Crippen LogP contribution in [0, 0.1) is 11.8 Å². The van der Waals surface area contributed by atoms with Crippen LogP contribution in [0.5, 0.6) is 0 Å². The molecule has 1 amide bonds. The van der Waals surface area contributed by atoms with Crippen LogP contribution in [0.25, 0.3) is 0 Å². The summed E-state index contributed by atoms with van der Waals surface area (Å²) in [5.41, 5.74) is 5.89. The van der Waals surface area contributed by atoms with E-state index < -0.39 is 6.09 Å². The Morgan fingerprint density at radius 1 is 1.71 bits per heavy atom. The van der Waals surface area contributed by atoms with Gasteiger partial charge in [0.25, 0.3) is 0 Å². The van der Waals surface area contributed by atoms with Crippen molar-refractivity contribution in [2.75, 3.05) is 13.1 Å². The molecule has 4 nitrogen and oxygen atoms in total. The second-order valence-corrected chi connectivity index (χ2v) is 4.21. The normalized spacial score (nSPS) is 30.1. The number of carboxylic acid groups (broad SMARTS) is 1. The molecule has 1 rings (SSSR count). The Kier molecular flexibility index (Phi) is 3.75. The predicted molar refractivity (Wildman–Crippen MR) is 55.1 cm³/mol. The number of rotatable bonds is 2. The molecule has 4 heteroatoms. The number of likely N-dealkylation sites (tertiary alicyclic amines) is 1. The molecule has 0 aromatic carbocycles. The lowest BCUT2D eigenvalue weighted by Gasteiger charge is -2.38. The number of nitrogens with zero attached hydrogens (tertiary/aromatic N) is 1. The summed E-state index contributed by atoms with van der Waals surface area (Å²) in [7, 11) is 0. The van der Waals surface area contributed by atoms with Crippen molar-refractivity contribution in [3.8, 4) is 0 Å². The van der Waals surface area contributed by atoms with Crippen molar-refractivity contribution in [3.63, 3.8) is 0 Å². The van der Waals surface area contributed by atoms with Crippen LogP contribution in [-0.2, 0) is 0 Å². The van der Waals surface area contributed by atoms with Gasteiger partial charge in [-0.25, -0.2) is 4.79 Å². The first kappa shape index (κ1) is 11.3. The summed E-state index contributed by atoms with van der Waals surface area (Å²) in [6.45, 7) is 5.41. The molecule has 14 heavy (non-hydrogen) atoms. The third-order valence-corrected chi connectivity index (χ3v) is 3.26. The van der Waals surface area contributed by atoms with Gasteiger partial charge in [-0.05, 0) is 25.2 Å². The monoisotopic (exact) mass is 200 g/mol. The summed E-state index contributed by atoms with van der Waals surface area (Å²) in [5.74, 6) is 0.912. The van der Waals surface area contributed by atoms with Crippen molar-refractivity contribution in [2.45, 2.75) is 32.7 Å². The van der Waals surface area contributed by atoms with Gasteiger partial charge < -0.3 is 15.7 Å². The molecule has 82 valence electrons. The van der Waals surface area contributed by atoms with E-state index in [0.717, 1.165) is 12.8 Å². The molecule has 3 N–H and O–H groups in total. The summed E-state index contributed by atoms with van der Waals surface area (Å²) in [5, 5.41) is 8.87. The lowest BCUT2D eigenvalue weighted by molar-refractivity contribution is 0.0879. The Morgan fingerprint density at radius 2 is 2.36 bits per heavy atom. The first-order chi connectivity index (χ1) is 6.56. The fourth-order valence-electron chi connectivity index (χ4n) is 2.35. The van der Waals surface area contributed by atoms with Crippen molar-refractivity contribution >= 4 is 6.09 Å². The highest BCUT2D eigenvalue weighted by Gasteiger charge is 2.31. The van der Waals surface area contributed by atoms with Gasteiger partial charge >= 0.3 is 6.09 Å². The van der Waals surface area contributed by atoms with Crippen LogP contribution >= 0.6 is 0 Å². The van der Waals surface area contributed by atoms with Crippen molar-refractivity contribution in [1.82, 2.24) is 4.90 Å². The average molecular weight is 200 g/mol. The van der Waals surface area contributed by atoms with Crippen LogP contribution in [-0.4, -0.2) is 35.2 Å². The molecule has 0 bridgehead atoms. The van der Waals surface area contributed by atoms with Gasteiger partial charge in [-0.2, -0.15) is 0 Å². The van der Waals surface area contributed by atoms with Gasteiger partial charge in [0, 0.05) is 19.1 Å². The number of hydrogen-bond donors (Lipinski definition) is 2. The van der Waals surface area contributed by atoms with Crippen molar-refractivity contribution < 1.29 is 9.90 Å². The first-order valence-electron chi connectivity index (χ1n) is 5.29. The Labute approximate surface area is 85.1 Å². The summed E-state index contributed by atoms with van der Waals surface area (Å²) in [6.07, 6.45) is 1.12. The lowest BCUT2D eigenvalue weighted by atomic mass is 9.80. The SMILES string of the molecule is CC[C@H]1CN(C(=O)O)CC[C@H]1[C@H](C)N. The molecule has 0 radical (unpaired) electrons. The van der Waals surface area contributed by atoms with Gasteiger partial charge in [-0.3, -0.25) is 0 Å². The smallest absolute Gasteiger partial charge is 0.407 e. The minimum Gasteiger partial charge on any atom is -0.465 e. The van der Waals surface area contributed by atoms with E-state index in [0.29, 0.717) is 24.9 Å². The Morgan fingerprint density at radius 3 is 2.79 bits per heavy atom. The van der Waals surface area contributed by atoms with Crippen molar-refractivity contribution in [2.24, 2.45) is 17.6 Å². The van der Waals surface area contributed by atoms with E-state index in [-0.39, 0.29) is 6.04 Å². The molecule has 0 aromatic rings. The van der Waals surface area contributed by atoms with Crippen LogP contribution in [0.1, 0.15) is 26.7 Å². The minimum absolute atomic E-state index is 0.177. The molecule has 1 fully saturated rings. The van der Waals surface area contributed by atoms with Gasteiger partial charge in [0.1, 0.15) is 0 Å². The molecule has 0 saturated carbocycles. The maximum absolute atomic E-state index is 10.8. The maximum atomic E-state index is 10.8. The molecule has 0 unspecified atom stereocenters. The van der Waals surface area contributed by atoms with Crippen LogP contribution < -0.4 is 5.73 Å². The maximum Gasteiger partial charge on any atom is 0.407 e. The van der Waals surface area contributed by atoms with E-state index in [1.54, 1.807) is 0 Å². The van der Waals surface area contributed by atoms with E-state index in [9.17, 15) is 4.79 Å². The highest BCUT2D eigenvalue weighted by molar-refractivity contribution is 5.65. The highest BCUT2D eigenvalue weighted by Crippen LogP contribution is 2.28. The minimum atomic E-state index is -0.799. The molecule has 0 aromatic heterocycles. The van der Waals surface area contributed by atoms with Gasteiger partial charge in [0.2, 0.25) is 0 Å². The van der Waals surface area contributed by atoms with E-state index in [1.165, 1.54) is 4.90 Å². The van der Waals surface area contributed by atoms with Gasteiger partial charge in [-0.1, -0.05) is 13.3 Å². The van der Waals surface area contributed by atoms with Crippen molar-refractivity contribution in [3.05, 3.63) is 0 Å². The third-order valence-electron chi connectivity index (χ3n) is 3.26. The molecule has 1 saturated heterocycles. The van der Waals surface area contributed by atoms with Crippen LogP contribution in [0.4, 0.5) is 4.79 Å². The first-order valence-corrected chi connectivity index (χ1v) is 5.29. The topological polar surface area (TPSA) is 66.6 Å². The van der Waals surface area contributed by atoms with E-state index in [2.05, 4.69) is 6.92 Å². The molecule has 3 atom stereocenters. The van der Waals surface area contributed by atoms with Crippen LogP contribution in [0.3, 0.4) is 0 Å². The Bertz CT molecular complexity index is 206. The standard InChI is InChI=1S/C10H20N2O2/c1-3-8-6-12(10(13)14)5-4-9(8)7(2)11/h7-9H,3-6,11H2,1-2H3,(H,13,14)/t7-,8-,9-/m0/s1. The number of piperidine rings is 1. The van der Waals surface area contributed by atoms with E-state index in [4.69, 9.17) is 10.8 Å². The van der Waals surface area contributed by atoms with E-state index in [1.807, 2.05) is 6.92 Å². The highest BCUT2D eigenvalue weighted by atomic mass is 16.4. The molecule has 1 heterocycles. The second kappa shape index (κ2) is 4.64. The molecular weight excluding hydrogens is 180 g/mol. The van der Waals surface area contributed by atoms with Gasteiger partial charge in [0.05, 0.1) is 0 Å². The largest absolute Gasteiger partial charge is 0.465 e. The molecule has 1 aliphatic heterocycles. The lowest BCUT2D eigenvalue weighted by Crippen LogP contribution is -2.47. The summed E-state index contributed by atoms with van der Waals surface area (Å²) in [6, 6.07) is 0.177. The molecular formula is C10H20N2O2.